The minimum atomic E-state index is -3.51. The number of quaternary nitrogens is 1. The van der Waals surface area contributed by atoms with Crippen LogP contribution in [0.4, 0.5) is 0 Å². The Labute approximate surface area is 175 Å². The van der Waals surface area contributed by atoms with E-state index in [4.69, 9.17) is 0 Å². The molecule has 3 rings (SSSR count). The second kappa shape index (κ2) is 8.74. The average Bonchev–Trinajstić information content (AvgIpc) is 2.60. The molecule has 0 bridgehead atoms. The molecule has 6 nitrogen and oxygen atoms in total. The Kier molecular flexibility index (Phi) is 6.70. The van der Waals surface area contributed by atoms with Gasteiger partial charge in [0.05, 0.1) is 31.1 Å². The number of nitrogens with zero attached hydrogens (tertiary/aromatic N) is 2. The normalized spacial score (nSPS) is 24.7. The monoisotopic (exact) mass is 422 g/mol. The van der Waals surface area contributed by atoms with E-state index in [1.165, 1.54) is 11.3 Å². The zero-order chi connectivity index (χ0) is 21.3. The molecule has 0 aliphatic carbocycles. The highest BCUT2D eigenvalue weighted by Crippen LogP contribution is 2.25. The predicted octanol–water partition coefficient (Wildman–Crippen LogP) is 1.29. The number of amides is 1. The first-order valence-electron chi connectivity index (χ1n) is 10.8. The number of hydrogen-bond donors (Lipinski definition) is 1. The number of sulfonamides is 1. The zero-order valence-electron chi connectivity index (χ0n) is 18.5. The lowest BCUT2D eigenvalue weighted by Crippen LogP contribution is -3.16. The van der Waals surface area contributed by atoms with E-state index in [0.717, 1.165) is 29.5 Å². The van der Waals surface area contributed by atoms with Crippen LogP contribution in [-0.2, 0) is 14.8 Å². The van der Waals surface area contributed by atoms with Gasteiger partial charge >= 0.3 is 0 Å². The predicted molar refractivity (Wildman–Crippen MR) is 115 cm³/mol. The molecule has 0 spiro atoms. The summed E-state index contributed by atoms with van der Waals surface area (Å²) < 4.78 is 28.1. The molecular formula is C22H36N3O3S+. The second-order valence-electron chi connectivity index (χ2n) is 8.99. The van der Waals surface area contributed by atoms with E-state index < -0.39 is 10.0 Å². The smallest absolute Gasteiger partial charge is 0.278 e. The molecule has 0 aromatic heterocycles. The summed E-state index contributed by atoms with van der Waals surface area (Å²) in [5.74, 6) is 0.209. The summed E-state index contributed by atoms with van der Waals surface area (Å²) in [7, 11) is -3.51. The van der Waals surface area contributed by atoms with Crippen molar-refractivity contribution in [1.82, 2.24) is 9.21 Å². The van der Waals surface area contributed by atoms with Crippen molar-refractivity contribution in [2.24, 2.45) is 0 Å². The molecule has 1 N–H and O–H groups in total. The Morgan fingerprint density at radius 2 is 1.55 bits per heavy atom. The van der Waals surface area contributed by atoms with Crippen molar-refractivity contribution in [3.63, 3.8) is 0 Å². The molecule has 1 amide bonds. The molecule has 29 heavy (non-hydrogen) atoms. The number of benzene rings is 1. The minimum Gasteiger partial charge on any atom is -0.332 e. The van der Waals surface area contributed by atoms with E-state index in [-0.39, 0.29) is 5.91 Å². The highest BCUT2D eigenvalue weighted by atomic mass is 32.2. The summed E-state index contributed by atoms with van der Waals surface area (Å²) in [4.78, 5) is 16.6. The first-order chi connectivity index (χ1) is 13.6. The molecule has 2 aliphatic heterocycles. The molecule has 1 aromatic rings. The van der Waals surface area contributed by atoms with E-state index in [0.29, 0.717) is 49.7 Å². The summed E-state index contributed by atoms with van der Waals surface area (Å²) in [6, 6.07) is 4.47. The SMILES string of the molecule is Cc1cc(C)c(S(=O)(=O)N2CC[NH+](CC(=O)N3[C@@H](C)CCC[C@@H]3C)CC2)c(C)c1. The van der Waals surface area contributed by atoms with E-state index in [9.17, 15) is 13.2 Å². The van der Waals surface area contributed by atoms with Crippen molar-refractivity contribution in [3.05, 3.63) is 28.8 Å². The number of rotatable bonds is 4. The van der Waals surface area contributed by atoms with Gasteiger partial charge in [-0.2, -0.15) is 4.31 Å². The second-order valence-corrected chi connectivity index (χ2v) is 10.9. The molecule has 0 unspecified atom stereocenters. The first kappa shape index (κ1) is 22.2. The summed E-state index contributed by atoms with van der Waals surface area (Å²) in [5, 5.41) is 0. The number of nitrogens with one attached hydrogen (secondary N) is 1. The van der Waals surface area contributed by atoms with Crippen LogP contribution >= 0.6 is 0 Å². The fourth-order valence-corrected chi connectivity index (χ4v) is 6.99. The fourth-order valence-electron chi connectivity index (χ4n) is 5.14. The van der Waals surface area contributed by atoms with Crippen LogP contribution in [0.3, 0.4) is 0 Å². The number of hydrogen-bond acceptors (Lipinski definition) is 3. The number of carbonyl (C=O) groups excluding carboxylic acids is 1. The summed E-state index contributed by atoms with van der Waals surface area (Å²) in [6.07, 6.45) is 3.34. The van der Waals surface area contributed by atoms with Crippen LogP contribution in [0.25, 0.3) is 0 Å². The van der Waals surface area contributed by atoms with Crippen molar-refractivity contribution in [2.45, 2.75) is 70.9 Å². The van der Waals surface area contributed by atoms with Gasteiger partial charge in [-0.15, -0.1) is 0 Å². The van der Waals surface area contributed by atoms with Gasteiger partial charge in [0.25, 0.3) is 5.91 Å². The minimum absolute atomic E-state index is 0.209. The molecule has 0 saturated carbocycles. The largest absolute Gasteiger partial charge is 0.332 e. The van der Waals surface area contributed by atoms with Crippen LogP contribution in [0, 0.1) is 20.8 Å². The molecule has 2 fully saturated rings. The van der Waals surface area contributed by atoms with Crippen molar-refractivity contribution in [2.75, 3.05) is 32.7 Å². The van der Waals surface area contributed by atoms with Gasteiger partial charge < -0.3 is 9.80 Å². The average molecular weight is 423 g/mol. The van der Waals surface area contributed by atoms with Gasteiger partial charge in [-0.3, -0.25) is 4.79 Å². The summed E-state index contributed by atoms with van der Waals surface area (Å²) >= 11 is 0. The molecule has 2 saturated heterocycles. The summed E-state index contributed by atoms with van der Waals surface area (Å²) in [5.41, 5.74) is 2.69. The van der Waals surface area contributed by atoms with Crippen LogP contribution in [0.2, 0.25) is 0 Å². The summed E-state index contributed by atoms with van der Waals surface area (Å²) in [6.45, 7) is 12.7. The van der Waals surface area contributed by atoms with Crippen molar-refractivity contribution in [3.8, 4) is 0 Å². The highest BCUT2D eigenvalue weighted by Gasteiger charge is 2.35. The van der Waals surface area contributed by atoms with Gasteiger partial charge in [0, 0.05) is 12.1 Å². The van der Waals surface area contributed by atoms with E-state index >= 15 is 0 Å². The first-order valence-corrected chi connectivity index (χ1v) is 12.3. The molecule has 2 aliphatic rings. The lowest BCUT2D eigenvalue weighted by Gasteiger charge is -2.40. The quantitative estimate of drug-likeness (QED) is 0.795. The fraction of sp³-hybridized carbons (Fsp3) is 0.682. The van der Waals surface area contributed by atoms with E-state index in [1.54, 1.807) is 4.31 Å². The molecule has 162 valence electrons. The van der Waals surface area contributed by atoms with Gasteiger partial charge in [-0.05, 0) is 65.0 Å². The van der Waals surface area contributed by atoms with Gasteiger partial charge in [-0.1, -0.05) is 17.7 Å². The molecule has 2 heterocycles. The van der Waals surface area contributed by atoms with E-state index in [1.807, 2.05) is 32.9 Å². The number of likely N-dealkylation sites (tertiary alicyclic amines) is 1. The van der Waals surface area contributed by atoms with Gasteiger partial charge in [0.15, 0.2) is 6.54 Å². The van der Waals surface area contributed by atoms with Crippen LogP contribution < -0.4 is 4.90 Å². The van der Waals surface area contributed by atoms with Gasteiger partial charge in [0.1, 0.15) is 0 Å². The van der Waals surface area contributed by atoms with Crippen molar-refractivity contribution >= 4 is 15.9 Å². The number of aryl methyl sites for hydroxylation is 3. The standard InChI is InChI=1S/C22H35N3O3S/c1-16-13-17(2)22(18(3)14-16)29(27,28)24-11-9-23(10-12-24)15-21(26)25-19(4)7-6-8-20(25)5/h13-14,19-20H,6-12,15H2,1-5H3/p+1/t19-,20-/m0/s1. The van der Waals surface area contributed by atoms with Crippen molar-refractivity contribution in [1.29, 1.82) is 0 Å². The van der Waals surface area contributed by atoms with Gasteiger partial charge in [-0.25, -0.2) is 8.42 Å². The maximum absolute atomic E-state index is 13.2. The number of piperidine rings is 1. The Balaban J connectivity index is 1.64. The number of carbonyl (C=O) groups is 1. The maximum Gasteiger partial charge on any atom is 0.278 e. The third-order valence-electron chi connectivity index (χ3n) is 6.51. The van der Waals surface area contributed by atoms with Crippen LogP contribution in [0.1, 0.15) is 49.8 Å². The molecule has 1 aromatic carbocycles. The van der Waals surface area contributed by atoms with E-state index in [2.05, 4.69) is 18.7 Å². The van der Waals surface area contributed by atoms with Crippen molar-refractivity contribution < 1.29 is 18.1 Å². The lowest BCUT2D eigenvalue weighted by atomic mass is 9.97. The number of piperazine rings is 1. The van der Waals surface area contributed by atoms with Crippen LogP contribution in [0.5, 0.6) is 0 Å². The molecule has 2 atom stereocenters. The Hall–Kier alpha value is -1.44. The lowest BCUT2D eigenvalue weighted by molar-refractivity contribution is -0.896. The topological polar surface area (TPSA) is 62.1 Å². The van der Waals surface area contributed by atoms with Crippen LogP contribution in [0.15, 0.2) is 17.0 Å². The Morgan fingerprint density at radius 1 is 1.03 bits per heavy atom. The molecule has 7 heteroatoms. The molecular weight excluding hydrogens is 386 g/mol. The Morgan fingerprint density at radius 3 is 2.07 bits per heavy atom. The molecule has 0 radical (unpaired) electrons. The Bertz CT molecular complexity index is 827. The maximum atomic E-state index is 13.2. The third-order valence-corrected chi connectivity index (χ3v) is 8.72. The van der Waals surface area contributed by atoms with Crippen LogP contribution in [-0.4, -0.2) is 68.3 Å². The zero-order valence-corrected chi connectivity index (χ0v) is 19.3. The third kappa shape index (κ3) is 4.67. The highest BCUT2D eigenvalue weighted by molar-refractivity contribution is 7.89. The van der Waals surface area contributed by atoms with Gasteiger partial charge in [0.2, 0.25) is 10.0 Å².